The van der Waals surface area contributed by atoms with Crippen LogP contribution in [0.1, 0.15) is 24.1 Å². The summed E-state index contributed by atoms with van der Waals surface area (Å²) in [5.41, 5.74) is 1.94. The zero-order valence-corrected chi connectivity index (χ0v) is 13.0. The monoisotopic (exact) mass is 309 g/mol. The summed E-state index contributed by atoms with van der Waals surface area (Å²) < 4.78 is 5.54. The number of rotatable bonds is 5. The van der Waals surface area contributed by atoms with Crippen molar-refractivity contribution >= 4 is 23.2 Å². The van der Waals surface area contributed by atoms with Gasteiger partial charge < -0.3 is 10.1 Å². The fraction of sp³-hybridized carbons (Fsp3) is 0.250. The van der Waals surface area contributed by atoms with Gasteiger partial charge >= 0.3 is 0 Å². The second-order valence-electron chi connectivity index (χ2n) is 4.36. The number of halogens is 2. The third-order valence-electron chi connectivity index (χ3n) is 3.08. The molecule has 106 valence electrons. The number of benzene rings is 2. The summed E-state index contributed by atoms with van der Waals surface area (Å²) in [6.07, 6.45) is 0. The van der Waals surface area contributed by atoms with E-state index in [-0.39, 0.29) is 6.04 Å². The zero-order valence-electron chi connectivity index (χ0n) is 11.5. The van der Waals surface area contributed by atoms with Gasteiger partial charge in [0.05, 0.1) is 12.6 Å². The molecule has 2 aromatic carbocycles. The largest absolute Gasteiger partial charge is 0.494 e. The lowest BCUT2D eigenvalue weighted by atomic mass is 9.98. The maximum atomic E-state index is 6.30. The van der Waals surface area contributed by atoms with Crippen LogP contribution in [0.15, 0.2) is 42.5 Å². The van der Waals surface area contributed by atoms with Crippen molar-refractivity contribution in [3.63, 3.8) is 0 Å². The molecule has 0 saturated heterocycles. The molecule has 2 aromatic rings. The Kier molecular flexibility index (Phi) is 5.30. The Balaban J connectivity index is 2.44. The minimum atomic E-state index is -0.0726. The van der Waals surface area contributed by atoms with Gasteiger partial charge in [0.1, 0.15) is 5.75 Å². The predicted molar refractivity (Wildman–Crippen MR) is 85.0 cm³/mol. The van der Waals surface area contributed by atoms with Crippen LogP contribution in [0, 0.1) is 0 Å². The van der Waals surface area contributed by atoms with Crippen LogP contribution in [0.4, 0.5) is 0 Å². The smallest absolute Gasteiger partial charge is 0.119 e. The highest BCUT2D eigenvalue weighted by Gasteiger charge is 2.18. The maximum absolute atomic E-state index is 6.30. The van der Waals surface area contributed by atoms with Crippen LogP contribution in [0.5, 0.6) is 5.75 Å². The Morgan fingerprint density at radius 1 is 1.10 bits per heavy atom. The number of ether oxygens (including phenoxy) is 1. The molecule has 0 aromatic heterocycles. The Morgan fingerprint density at radius 2 is 1.75 bits per heavy atom. The second-order valence-corrected chi connectivity index (χ2v) is 5.18. The van der Waals surface area contributed by atoms with Gasteiger partial charge in [-0.2, -0.15) is 0 Å². The Bertz CT molecular complexity index is 566. The van der Waals surface area contributed by atoms with E-state index in [1.807, 2.05) is 56.4 Å². The molecular weight excluding hydrogens is 293 g/mol. The highest BCUT2D eigenvalue weighted by atomic mass is 35.5. The Hall–Kier alpha value is -1.22. The second kappa shape index (κ2) is 6.98. The van der Waals surface area contributed by atoms with Crippen molar-refractivity contribution in [3.05, 3.63) is 63.6 Å². The summed E-state index contributed by atoms with van der Waals surface area (Å²) in [7, 11) is 1.89. The van der Waals surface area contributed by atoms with Crippen molar-refractivity contribution in [2.75, 3.05) is 13.7 Å². The minimum Gasteiger partial charge on any atom is -0.494 e. The highest BCUT2D eigenvalue weighted by molar-refractivity contribution is 6.36. The van der Waals surface area contributed by atoms with E-state index in [0.717, 1.165) is 16.9 Å². The van der Waals surface area contributed by atoms with Gasteiger partial charge in [0.2, 0.25) is 0 Å². The van der Waals surface area contributed by atoms with E-state index < -0.39 is 0 Å². The summed E-state index contributed by atoms with van der Waals surface area (Å²) in [5.74, 6) is 0.841. The number of hydrogen-bond donors (Lipinski definition) is 1. The van der Waals surface area contributed by atoms with Crippen LogP contribution in [0.2, 0.25) is 10.0 Å². The van der Waals surface area contributed by atoms with Crippen LogP contribution in [0.25, 0.3) is 0 Å². The standard InChI is InChI=1S/C16H17Cl2NO/c1-3-20-12-7-4-6-11(10-12)16(19-2)15-13(17)8-5-9-14(15)18/h4-10,16,19H,3H2,1-2H3. The first-order chi connectivity index (χ1) is 9.67. The predicted octanol–water partition coefficient (Wildman–Crippen LogP) is 4.70. The van der Waals surface area contributed by atoms with E-state index in [9.17, 15) is 0 Å². The normalized spacial score (nSPS) is 12.2. The zero-order chi connectivity index (χ0) is 14.5. The molecule has 0 radical (unpaired) electrons. The summed E-state index contributed by atoms with van der Waals surface area (Å²) in [6.45, 7) is 2.60. The average Bonchev–Trinajstić information content (AvgIpc) is 2.44. The maximum Gasteiger partial charge on any atom is 0.119 e. The van der Waals surface area contributed by atoms with Crippen molar-refractivity contribution in [2.45, 2.75) is 13.0 Å². The lowest BCUT2D eigenvalue weighted by Crippen LogP contribution is -2.18. The number of nitrogens with one attached hydrogen (secondary N) is 1. The fourth-order valence-corrected chi connectivity index (χ4v) is 2.83. The molecule has 0 saturated carbocycles. The van der Waals surface area contributed by atoms with Crippen molar-refractivity contribution in [3.8, 4) is 5.75 Å². The third kappa shape index (κ3) is 3.26. The summed E-state index contributed by atoms with van der Waals surface area (Å²) in [5, 5.41) is 4.56. The van der Waals surface area contributed by atoms with Gasteiger partial charge in [-0.15, -0.1) is 0 Å². The van der Waals surface area contributed by atoms with E-state index >= 15 is 0 Å². The topological polar surface area (TPSA) is 21.3 Å². The fourth-order valence-electron chi connectivity index (χ4n) is 2.21. The quantitative estimate of drug-likeness (QED) is 0.864. The molecule has 0 fully saturated rings. The molecule has 1 atom stereocenters. The van der Waals surface area contributed by atoms with Gasteiger partial charge in [-0.05, 0) is 43.8 Å². The van der Waals surface area contributed by atoms with Crippen LogP contribution in [-0.4, -0.2) is 13.7 Å². The Labute approximate surface area is 129 Å². The molecular formula is C16H17Cl2NO. The SMILES string of the molecule is CCOc1cccc(C(NC)c2c(Cl)cccc2Cl)c1. The molecule has 0 amide bonds. The average molecular weight is 310 g/mol. The van der Waals surface area contributed by atoms with Gasteiger partial charge in [0, 0.05) is 15.6 Å². The molecule has 2 rings (SSSR count). The first-order valence-electron chi connectivity index (χ1n) is 6.51. The third-order valence-corrected chi connectivity index (χ3v) is 3.74. The van der Waals surface area contributed by atoms with Gasteiger partial charge in [-0.25, -0.2) is 0 Å². The van der Waals surface area contributed by atoms with E-state index in [0.29, 0.717) is 16.7 Å². The molecule has 0 heterocycles. The van der Waals surface area contributed by atoms with E-state index in [1.54, 1.807) is 0 Å². The molecule has 0 bridgehead atoms. The van der Waals surface area contributed by atoms with Gasteiger partial charge in [0.25, 0.3) is 0 Å². The number of hydrogen-bond acceptors (Lipinski definition) is 2. The minimum absolute atomic E-state index is 0.0726. The van der Waals surface area contributed by atoms with Crippen molar-refractivity contribution in [1.82, 2.24) is 5.32 Å². The van der Waals surface area contributed by atoms with Gasteiger partial charge in [0.15, 0.2) is 0 Å². The first kappa shape index (κ1) is 15.2. The summed E-state index contributed by atoms with van der Waals surface area (Å²) in [6, 6.07) is 13.4. The summed E-state index contributed by atoms with van der Waals surface area (Å²) >= 11 is 12.6. The van der Waals surface area contributed by atoms with Crippen molar-refractivity contribution in [1.29, 1.82) is 0 Å². The van der Waals surface area contributed by atoms with Crippen LogP contribution in [-0.2, 0) is 0 Å². The summed E-state index contributed by atoms with van der Waals surface area (Å²) in [4.78, 5) is 0. The van der Waals surface area contributed by atoms with Crippen LogP contribution >= 0.6 is 23.2 Å². The highest BCUT2D eigenvalue weighted by Crippen LogP contribution is 2.34. The lowest BCUT2D eigenvalue weighted by Gasteiger charge is -2.20. The molecule has 2 nitrogen and oxygen atoms in total. The molecule has 1 N–H and O–H groups in total. The van der Waals surface area contributed by atoms with E-state index in [2.05, 4.69) is 5.32 Å². The van der Waals surface area contributed by atoms with Crippen molar-refractivity contribution < 1.29 is 4.74 Å². The van der Waals surface area contributed by atoms with Gasteiger partial charge in [-0.1, -0.05) is 41.4 Å². The molecule has 0 spiro atoms. The molecule has 0 aliphatic heterocycles. The Morgan fingerprint density at radius 3 is 2.35 bits per heavy atom. The lowest BCUT2D eigenvalue weighted by molar-refractivity contribution is 0.339. The van der Waals surface area contributed by atoms with E-state index in [4.69, 9.17) is 27.9 Å². The van der Waals surface area contributed by atoms with Crippen molar-refractivity contribution in [2.24, 2.45) is 0 Å². The molecule has 0 aliphatic rings. The molecule has 4 heteroatoms. The van der Waals surface area contributed by atoms with Crippen LogP contribution in [0.3, 0.4) is 0 Å². The molecule has 1 unspecified atom stereocenters. The van der Waals surface area contributed by atoms with E-state index in [1.165, 1.54) is 0 Å². The first-order valence-corrected chi connectivity index (χ1v) is 7.27. The molecule has 20 heavy (non-hydrogen) atoms. The van der Waals surface area contributed by atoms with Crippen LogP contribution < -0.4 is 10.1 Å². The van der Waals surface area contributed by atoms with Gasteiger partial charge in [-0.3, -0.25) is 0 Å². The molecule has 0 aliphatic carbocycles.